The summed E-state index contributed by atoms with van der Waals surface area (Å²) in [7, 11) is 0. The van der Waals surface area contributed by atoms with E-state index >= 15 is 0 Å². The van der Waals surface area contributed by atoms with E-state index in [0.29, 0.717) is 5.41 Å². The predicted octanol–water partition coefficient (Wildman–Crippen LogP) is 2.59. The molecule has 1 aromatic carbocycles. The van der Waals surface area contributed by atoms with E-state index in [1.54, 1.807) is 0 Å². The second kappa shape index (κ2) is 6.37. The van der Waals surface area contributed by atoms with Crippen LogP contribution in [0.15, 0.2) is 30.3 Å². The summed E-state index contributed by atoms with van der Waals surface area (Å²) in [6, 6.07) is 11.6. The van der Waals surface area contributed by atoms with Gasteiger partial charge in [-0.05, 0) is 30.4 Å². The van der Waals surface area contributed by atoms with Gasteiger partial charge >= 0.3 is 0 Å². The van der Waals surface area contributed by atoms with Crippen LogP contribution in [0.4, 0.5) is 5.69 Å². The zero-order chi connectivity index (χ0) is 14.7. The SMILES string of the molecule is CC(C)(CNC1CC1)CN1CCN(c2ccccc2)CC1. The van der Waals surface area contributed by atoms with Gasteiger partial charge in [0.2, 0.25) is 0 Å². The molecule has 21 heavy (non-hydrogen) atoms. The number of anilines is 1. The Balaban J connectivity index is 1.44. The lowest BCUT2D eigenvalue weighted by molar-refractivity contribution is 0.166. The molecule has 0 aromatic heterocycles. The highest BCUT2D eigenvalue weighted by molar-refractivity contribution is 5.46. The summed E-state index contributed by atoms with van der Waals surface area (Å²) in [5.74, 6) is 0. The van der Waals surface area contributed by atoms with E-state index in [2.05, 4.69) is 59.3 Å². The number of hydrogen-bond acceptors (Lipinski definition) is 3. The van der Waals surface area contributed by atoms with Crippen LogP contribution in [0.5, 0.6) is 0 Å². The van der Waals surface area contributed by atoms with Crippen molar-refractivity contribution in [1.82, 2.24) is 10.2 Å². The van der Waals surface area contributed by atoms with E-state index in [0.717, 1.165) is 25.7 Å². The van der Waals surface area contributed by atoms with Crippen molar-refractivity contribution in [2.45, 2.75) is 32.7 Å². The van der Waals surface area contributed by atoms with Crippen molar-refractivity contribution >= 4 is 5.69 Å². The van der Waals surface area contributed by atoms with Gasteiger partial charge in [-0.15, -0.1) is 0 Å². The van der Waals surface area contributed by atoms with E-state index in [9.17, 15) is 0 Å². The van der Waals surface area contributed by atoms with Crippen molar-refractivity contribution in [3.63, 3.8) is 0 Å². The summed E-state index contributed by atoms with van der Waals surface area (Å²) >= 11 is 0. The molecule has 1 heterocycles. The molecular weight excluding hydrogens is 258 g/mol. The van der Waals surface area contributed by atoms with Crippen LogP contribution in [0.3, 0.4) is 0 Å². The minimum atomic E-state index is 0.373. The fourth-order valence-corrected chi connectivity index (χ4v) is 3.17. The third kappa shape index (κ3) is 4.45. The zero-order valence-electron chi connectivity index (χ0n) is 13.5. The van der Waals surface area contributed by atoms with Crippen molar-refractivity contribution in [2.24, 2.45) is 5.41 Å². The van der Waals surface area contributed by atoms with Gasteiger partial charge in [0.15, 0.2) is 0 Å². The topological polar surface area (TPSA) is 18.5 Å². The number of rotatable bonds is 6. The Kier molecular flexibility index (Phi) is 4.51. The van der Waals surface area contributed by atoms with Gasteiger partial charge in [-0.3, -0.25) is 4.90 Å². The highest BCUT2D eigenvalue weighted by Crippen LogP contribution is 2.23. The first-order valence-corrected chi connectivity index (χ1v) is 8.38. The first kappa shape index (κ1) is 14.9. The molecule has 0 amide bonds. The molecule has 3 nitrogen and oxygen atoms in total. The van der Waals surface area contributed by atoms with Crippen LogP contribution in [0, 0.1) is 5.41 Å². The molecule has 2 fully saturated rings. The summed E-state index contributed by atoms with van der Waals surface area (Å²) in [5, 5.41) is 3.68. The molecule has 116 valence electrons. The standard InChI is InChI=1S/C18H29N3/c1-18(2,14-19-16-8-9-16)15-20-10-12-21(13-11-20)17-6-4-3-5-7-17/h3-7,16,19H,8-15H2,1-2H3. The van der Waals surface area contributed by atoms with Crippen molar-refractivity contribution in [2.75, 3.05) is 44.2 Å². The van der Waals surface area contributed by atoms with Crippen molar-refractivity contribution in [3.8, 4) is 0 Å². The average molecular weight is 287 g/mol. The van der Waals surface area contributed by atoms with E-state index in [1.165, 1.54) is 38.2 Å². The van der Waals surface area contributed by atoms with E-state index < -0.39 is 0 Å². The maximum Gasteiger partial charge on any atom is 0.0367 e. The molecule has 1 aliphatic heterocycles. The average Bonchev–Trinajstić information content (AvgIpc) is 3.31. The molecule has 2 aliphatic rings. The van der Waals surface area contributed by atoms with E-state index in [-0.39, 0.29) is 0 Å². The summed E-state index contributed by atoms with van der Waals surface area (Å²) in [5.41, 5.74) is 1.74. The van der Waals surface area contributed by atoms with Gasteiger partial charge in [0.25, 0.3) is 0 Å². The van der Waals surface area contributed by atoms with Crippen LogP contribution in [0.25, 0.3) is 0 Å². The third-order valence-electron chi connectivity index (χ3n) is 4.59. The minimum absolute atomic E-state index is 0.373. The van der Waals surface area contributed by atoms with Gasteiger partial charge in [0.05, 0.1) is 0 Å². The van der Waals surface area contributed by atoms with Crippen molar-refractivity contribution in [1.29, 1.82) is 0 Å². The maximum atomic E-state index is 3.68. The first-order chi connectivity index (χ1) is 10.1. The molecule has 3 rings (SSSR count). The van der Waals surface area contributed by atoms with E-state index in [4.69, 9.17) is 0 Å². The van der Waals surface area contributed by atoms with Crippen LogP contribution < -0.4 is 10.2 Å². The molecule has 0 bridgehead atoms. The third-order valence-corrected chi connectivity index (χ3v) is 4.59. The molecule has 0 radical (unpaired) electrons. The molecule has 0 unspecified atom stereocenters. The Morgan fingerprint density at radius 3 is 2.33 bits per heavy atom. The molecular formula is C18H29N3. The number of nitrogens with one attached hydrogen (secondary N) is 1. The lowest BCUT2D eigenvalue weighted by Gasteiger charge is -2.40. The minimum Gasteiger partial charge on any atom is -0.369 e. The molecule has 1 saturated carbocycles. The fourth-order valence-electron chi connectivity index (χ4n) is 3.17. The molecule has 1 aromatic rings. The number of para-hydroxylation sites is 1. The fraction of sp³-hybridized carbons (Fsp3) is 0.667. The molecule has 0 spiro atoms. The number of nitrogens with zero attached hydrogens (tertiary/aromatic N) is 2. The van der Waals surface area contributed by atoms with Crippen LogP contribution >= 0.6 is 0 Å². The van der Waals surface area contributed by atoms with Gasteiger partial charge < -0.3 is 10.2 Å². The summed E-state index contributed by atoms with van der Waals surface area (Å²) < 4.78 is 0. The lowest BCUT2D eigenvalue weighted by Crippen LogP contribution is -2.50. The Morgan fingerprint density at radius 1 is 1.05 bits per heavy atom. The summed E-state index contributed by atoms with van der Waals surface area (Å²) in [4.78, 5) is 5.14. The lowest BCUT2D eigenvalue weighted by atomic mass is 9.92. The number of piperazine rings is 1. The van der Waals surface area contributed by atoms with Crippen LogP contribution in [-0.4, -0.2) is 50.2 Å². The highest BCUT2D eigenvalue weighted by Gasteiger charge is 2.28. The molecule has 0 atom stereocenters. The van der Waals surface area contributed by atoms with Crippen LogP contribution in [-0.2, 0) is 0 Å². The molecule has 1 N–H and O–H groups in total. The second-order valence-electron chi connectivity index (χ2n) is 7.42. The van der Waals surface area contributed by atoms with Gasteiger partial charge in [-0.25, -0.2) is 0 Å². The molecule has 3 heteroatoms. The summed E-state index contributed by atoms with van der Waals surface area (Å²) in [6.07, 6.45) is 2.76. The summed E-state index contributed by atoms with van der Waals surface area (Å²) in [6.45, 7) is 11.8. The largest absolute Gasteiger partial charge is 0.369 e. The Bertz CT molecular complexity index is 431. The quantitative estimate of drug-likeness (QED) is 0.867. The number of hydrogen-bond donors (Lipinski definition) is 1. The monoisotopic (exact) mass is 287 g/mol. The van der Waals surface area contributed by atoms with Gasteiger partial charge in [-0.1, -0.05) is 32.0 Å². The number of benzene rings is 1. The van der Waals surface area contributed by atoms with Crippen LogP contribution in [0.2, 0.25) is 0 Å². The van der Waals surface area contributed by atoms with Gasteiger partial charge in [0.1, 0.15) is 0 Å². The Labute approximate surface area is 129 Å². The van der Waals surface area contributed by atoms with Crippen molar-refractivity contribution < 1.29 is 0 Å². The smallest absolute Gasteiger partial charge is 0.0367 e. The van der Waals surface area contributed by atoms with Crippen molar-refractivity contribution in [3.05, 3.63) is 30.3 Å². The Hall–Kier alpha value is -1.06. The maximum absolute atomic E-state index is 3.68. The normalized spacial score (nSPS) is 20.8. The van der Waals surface area contributed by atoms with Gasteiger partial charge in [0, 0.05) is 51.0 Å². The van der Waals surface area contributed by atoms with Crippen LogP contribution in [0.1, 0.15) is 26.7 Å². The first-order valence-electron chi connectivity index (χ1n) is 8.38. The molecule has 1 aliphatic carbocycles. The zero-order valence-corrected chi connectivity index (χ0v) is 13.5. The molecule has 1 saturated heterocycles. The predicted molar refractivity (Wildman–Crippen MR) is 89.9 cm³/mol. The Morgan fingerprint density at radius 2 is 1.71 bits per heavy atom. The van der Waals surface area contributed by atoms with E-state index in [1.807, 2.05) is 0 Å². The van der Waals surface area contributed by atoms with Gasteiger partial charge in [-0.2, -0.15) is 0 Å². The second-order valence-corrected chi connectivity index (χ2v) is 7.42. The highest BCUT2D eigenvalue weighted by atomic mass is 15.3.